The molecule has 2 rings (SSSR count). The van der Waals surface area contributed by atoms with E-state index in [2.05, 4.69) is 10.1 Å². The van der Waals surface area contributed by atoms with Gasteiger partial charge in [-0.2, -0.15) is 0 Å². The summed E-state index contributed by atoms with van der Waals surface area (Å²) in [4.78, 5) is 14.2. The van der Waals surface area contributed by atoms with Crippen LogP contribution in [0.1, 0.15) is 16.2 Å². The molecule has 0 aliphatic rings. The van der Waals surface area contributed by atoms with Gasteiger partial charge in [0.05, 0.1) is 5.69 Å². The quantitative estimate of drug-likeness (QED) is 0.846. The standard InChI is InChI=1S/C8H6N2O4.ClH/c1-4-2-5(14-10-4)7-6(8(11)12)9-3-13-7;/h2-3H,1H3,(H,11,12);1H. The van der Waals surface area contributed by atoms with E-state index < -0.39 is 5.97 Å². The zero-order chi connectivity index (χ0) is 10.1. The maximum Gasteiger partial charge on any atom is 0.358 e. The lowest BCUT2D eigenvalue weighted by molar-refractivity contribution is 0.0691. The van der Waals surface area contributed by atoms with Crippen molar-refractivity contribution >= 4 is 18.4 Å². The maximum atomic E-state index is 10.7. The highest BCUT2D eigenvalue weighted by Crippen LogP contribution is 2.23. The number of nitrogens with zero attached hydrogens (tertiary/aromatic N) is 2. The predicted molar refractivity (Wildman–Crippen MR) is 50.9 cm³/mol. The molecule has 0 bridgehead atoms. The molecule has 0 radical (unpaired) electrons. The van der Waals surface area contributed by atoms with Crippen LogP contribution in [0.15, 0.2) is 21.4 Å². The van der Waals surface area contributed by atoms with Crippen LogP contribution in [0.5, 0.6) is 0 Å². The van der Waals surface area contributed by atoms with Crippen molar-refractivity contribution in [3.8, 4) is 11.5 Å². The molecule has 0 aliphatic heterocycles. The summed E-state index contributed by atoms with van der Waals surface area (Å²) in [6.45, 7) is 1.73. The molecule has 2 aromatic rings. The van der Waals surface area contributed by atoms with Gasteiger partial charge in [-0.25, -0.2) is 9.78 Å². The van der Waals surface area contributed by atoms with E-state index in [0.29, 0.717) is 5.69 Å². The zero-order valence-corrected chi connectivity index (χ0v) is 8.45. The first-order valence-electron chi connectivity index (χ1n) is 3.79. The molecule has 2 aromatic heterocycles. The Balaban J connectivity index is 0.00000112. The third-order valence-electron chi connectivity index (χ3n) is 1.62. The monoisotopic (exact) mass is 230 g/mol. The molecule has 0 aliphatic carbocycles. The van der Waals surface area contributed by atoms with Crippen LogP contribution in [-0.4, -0.2) is 21.2 Å². The van der Waals surface area contributed by atoms with Crippen molar-refractivity contribution in [1.82, 2.24) is 10.1 Å². The second-order valence-corrected chi connectivity index (χ2v) is 2.67. The summed E-state index contributed by atoms with van der Waals surface area (Å²) in [7, 11) is 0. The molecule has 2 heterocycles. The average Bonchev–Trinajstić information content (AvgIpc) is 2.70. The third kappa shape index (κ3) is 1.99. The van der Waals surface area contributed by atoms with Gasteiger partial charge in [0.1, 0.15) is 0 Å². The number of aromatic nitrogens is 2. The SMILES string of the molecule is Cc1cc(-c2ocnc2C(=O)O)on1.Cl. The minimum Gasteiger partial charge on any atom is -0.476 e. The molecule has 0 atom stereocenters. The Morgan fingerprint density at radius 1 is 1.53 bits per heavy atom. The number of aromatic carboxylic acids is 1. The number of rotatable bonds is 2. The van der Waals surface area contributed by atoms with Gasteiger partial charge in [0.15, 0.2) is 12.1 Å². The summed E-state index contributed by atoms with van der Waals surface area (Å²) in [5, 5.41) is 12.4. The average molecular weight is 231 g/mol. The number of carboxylic acids is 1. The van der Waals surface area contributed by atoms with E-state index in [4.69, 9.17) is 14.0 Å². The smallest absolute Gasteiger partial charge is 0.358 e. The Morgan fingerprint density at radius 2 is 2.27 bits per heavy atom. The first-order chi connectivity index (χ1) is 6.68. The molecule has 0 amide bonds. The molecule has 0 aromatic carbocycles. The topological polar surface area (TPSA) is 89.4 Å². The lowest BCUT2D eigenvalue weighted by atomic mass is 10.2. The van der Waals surface area contributed by atoms with Crippen LogP contribution < -0.4 is 0 Å². The summed E-state index contributed by atoms with van der Waals surface area (Å²) >= 11 is 0. The molecule has 6 nitrogen and oxygen atoms in total. The van der Waals surface area contributed by atoms with Crippen LogP contribution in [0.2, 0.25) is 0 Å². The fraction of sp³-hybridized carbons (Fsp3) is 0.125. The van der Waals surface area contributed by atoms with Gasteiger partial charge < -0.3 is 14.0 Å². The van der Waals surface area contributed by atoms with Gasteiger partial charge in [-0.05, 0) is 6.92 Å². The summed E-state index contributed by atoms with van der Waals surface area (Å²) in [5.74, 6) is -0.821. The van der Waals surface area contributed by atoms with E-state index in [1.807, 2.05) is 0 Å². The van der Waals surface area contributed by atoms with Gasteiger partial charge in [0, 0.05) is 6.07 Å². The van der Waals surface area contributed by atoms with E-state index in [9.17, 15) is 4.79 Å². The Labute approximate surface area is 90.3 Å². The van der Waals surface area contributed by atoms with Crippen molar-refractivity contribution in [3.63, 3.8) is 0 Å². The lowest BCUT2D eigenvalue weighted by Gasteiger charge is -1.89. The number of oxazole rings is 1. The fourth-order valence-corrected chi connectivity index (χ4v) is 1.04. The first kappa shape index (κ1) is 11.3. The molecular weight excluding hydrogens is 224 g/mol. The molecule has 0 saturated heterocycles. The fourth-order valence-electron chi connectivity index (χ4n) is 1.04. The van der Waals surface area contributed by atoms with E-state index in [1.165, 1.54) is 0 Å². The molecule has 1 N–H and O–H groups in total. The molecule has 0 saturated carbocycles. The molecule has 80 valence electrons. The Morgan fingerprint density at radius 3 is 2.80 bits per heavy atom. The summed E-state index contributed by atoms with van der Waals surface area (Å²) in [6.07, 6.45) is 1.05. The van der Waals surface area contributed by atoms with Crippen LogP contribution in [0.25, 0.3) is 11.5 Å². The Bertz CT molecular complexity index is 476. The lowest BCUT2D eigenvalue weighted by Crippen LogP contribution is -1.97. The number of hydrogen-bond acceptors (Lipinski definition) is 5. The minimum atomic E-state index is -1.16. The van der Waals surface area contributed by atoms with Crippen LogP contribution in [0.4, 0.5) is 0 Å². The summed E-state index contributed by atoms with van der Waals surface area (Å²) in [5.41, 5.74) is 0.467. The number of carbonyl (C=O) groups is 1. The van der Waals surface area contributed by atoms with Gasteiger partial charge >= 0.3 is 5.97 Å². The number of hydrogen-bond donors (Lipinski definition) is 1. The van der Waals surface area contributed by atoms with E-state index in [0.717, 1.165) is 6.39 Å². The highest BCUT2D eigenvalue weighted by molar-refractivity contribution is 5.91. The van der Waals surface area contributed by atoms with E-state index in [1.54, 1.807) is 13.0 Å². The van der Waals surface area contributed by atoms with Crippen LogP contribution in [-0.2, 0) is 0 Å². The van der Waals surface area contributed by atoms with Crippen molar-refractivity contribution in [1.29, 1.82) is 0 Å². The second-order valence-electron chi connectivity index (χ2n) is 2.67. The van der Waals surface area contributed by atoms with Gasteiger partial charge in [-0.1, -0.05) is 5.16 Å². The van der Waals surface area contributed by atoms with E-state index in [-0.39, 0.29) is 29.6 Å². The number of carboxylic acid groups (broad SMARTS) is 1. The van der Waals surface area contributed by atoms with Crippen LogP contribution in [0, 0.1) is 6.92 Å². The van der Waals surface area contributed by atoms with Crippen molar-refractivity contribution in [2.45, 2.75) is 6.92 Å². The predicted octanol–water partition coefficient (Wildman–Crippen LogP) is 1.76. The van der Waals surface area contributed by atoms with Crippen LogP contribution >= 0.6 is 12.4 Å². The Hall–Kier alpha value is -1.82. The van der Waals surface area contributed by atoms with Crippen molar-refractivity contribution in [3.05, 3.63) is 23.8 Å². The highest BCUT2D eigenvalue weighted by Gasteiger charge is 2.20. The molecule has 15 heavy (non-hydrogen) atoms. The Kier molecular flexibility index (Phi) is 3.11. The normalized spacial score (nSPS) is 9.67. The first-order valence-corrected chi connectivity index (χ1v) is 3.79. The van der Waals surface area contributed by atoms with Gasteiger partial charge in [0.25, 0.3) is 0 Å². The highest BCUT2D eigenvalue weighted by atomic mass is 35.5. The maximum absolute atomic E-state index is 10.7. The zero-order valence-electron chi connectivity index (χ0n) is 7.63. The van der Waals surface area contributed by atoms with Gasteiger partial charge in [-0.3, -0.25) is 0 Å². The van der Waals surface area contributed by atoms with Crippen molar-refractivity contribution in [2.24, 2.45) is 0 Å². The third-order valence-corrected chi connectivity index (χ3v) is 1.62. The molecular formula is C8H7ClN2O4. The van der Waals surface area contributed by atoms with Crippen molar-refractivity contribution in [2.75, 3.05) is 0 Å². The molecule has 0 fully saturated rings. The van der Waals surface area contributed by atoms with E-state index >= 15 is 0 Å². The van der Waals surface area contributed by atoms with Gasteiger partial charge in [0.2, 0.25) is 11.5 Å². The molecule has 0 unspecified atom stereocenters. The number of aryl methyl sites for hydroxylation is 1. The second kappa shape index (κ2) is 4.14. The molecule has 0 spiro atoms. The summed E-state index contributed by atoms with van der Waals surface area (Å²) in [6, 6.07) is 1.58. The molecule has 7 heteroatoms. The minimum absolute atomic E-state index is 0. The van der Waals surface area contributed by atoms with Gasteiger partial charge in [-0.15, -0.1) is 12.4 Å². The number of halogens is 1. The largest absolute Gasteiger partial charge is 0.476 e. The summed E-state index contributed by atoms with van der Waals surface area (Å²) < 4.78 is 9.75. The van der Waals surface area contributed by atoms with Crippen LogP contribution in [0.3, 0.4) is 0 Å². The van der Waals surface area contributed by atoms with Crippen molar-refractivity contribution < 1.29 is 18.8 Å².